The zero-order valence-corrected chi connectivity index (χ0v) is 7.74. The van der Waals surface area contributed by atoms with Crippen LogP contribution in [0.5, 0.6) is 0 Å². The maximum atomic E-state index is 13.3. The number of nitrogen functional groups attached to an aromatic ring is 1. The smallest absolute Gasteiger partial charge is 0.396 e. The van der Waals surface area contributed by atoms with Gasteiger partial charge in [0.2, 0.25) is 0 Å². The van der Waals surface area contributed by atoms with Crippen molar-refractivity contribution in [2.24, 2.45) is 0 Å². The molecule has 0 spiro atoms. The first-order valence-electron chi connectivity index (χ1n) is 4.56. The lowest BCUT2D eigenvalue weighted by Crippen LogP contribution is -2.13. The van der Waals surface area contributed by atoms with E-state index in [1.165, 1.54) is 12.1 Å². The minimum atomic E-state index is -4.67. The topological polar surface area (TPSA) is 26.0 Å². The standard InChI is InChI=1S/C10H9F4N/c11-9-7(15)4-3-6(5-1-2-5)8(9)10(12,13)14/h3-5H,1-2,15H2. The van der Waals surface area contributed by atoms with Crippen molar-refractivity contribution in [3.8, 4) is 0 Å². The Hall–Kier alpha value is -1.26. The lowest BCUT2D eigenvalue weighted by Gasteiger charge is -2.14. The lowest BCUT2D eigenvalue weighted by atomic mass is 10.0. The largest absolute Gasteiger partial charge is 0.419 e. The highest BCUT2D eigenvalue weighted by molar-refractivity contribution is 5.49. The predicted molar refractivity (Wildman–Crippen MR) is 47.8 cm³/mol. The van der Waals surface area contributed by atoms with Gasteiger partial charge in [0.15, 0.2) is 5.82 Å². The van der Waals surface area contributed by atoms with Gasteiger partial charge in [-0.2, -0.15) is 13.2 Å². The zero-order valence-electron chi connectivity index (χ0n) is 7.74. The summed E-state index contributed by atoms with van der Waals surface area (Å²) in [7, 11) is 0. The molecule has 5 heteroatoms. The van der Waals surface area contributed by atoms with Crippen molar-refractivity contribution in [3.63, 3.8) is 0 Å². The van der Waals surface area contributed by atoms with Crippen molar-refractivity contribution in [2.45, 2.75) is 24.9 Å². The fourth-order valence-corrected chi connectivity index (χ4v) is 1.63. The summed E-state index contributed by atoms with van der Waals surface area (Å²) in [6, 6.07) is 2.47. The van der Waals surface area contributed by atoms with Gasteiger partial charge in [-0.15, -0.1) is 0 Å². The summed E-state index contributed by atoms with van der Waals surface area (Å²) in [6.45, 7) is 0. The molecule has 1 fully saturated rings. The van der Waals surface area contributed by atoms with Crippen molar-refractivity contribution in [2.75, 3.05) is 5.73 Å². The highest BCUT2D eigenvalue weighted by Gasteiger charge is 2.41. The first-order valence-corrected chi connectivity index (χ1v) is 4.56. The summed E-state index contributed by atoms with van der Waals surface area (Å²) in [5.41, 5.74) is 3.53. The SMILES string of the molecule is Nc1ccc(C2CC2)c(C(F)(F)F)c1F. The predicted octanol–water partition coefficient (Wildman–Crippen LogP) is 3.30. The molecule has 0 unspecified atom stereocenters. The maximum Gasteiger partial charge on any atom is 0.419 e. The Morgan fingerprint density at radius 1 is 1.20 bits per heavy atom. The molecule has 1 aliphatic carbocycles. The molecule has 2 N–H and O–H groups in total. The van der Waals surface area contributed by atoms with Crippen LogP contribution in [0.2, 0.25) is 0 Å². The van der Waals surface area contributed by atoms with E-state index in [9.17, 15) is 17.6 Å². The van der Waals surface area contributed by atoms with Crippen LogP contribution in [0.15, 0.2) is 12.1 Å². The first-order chi connectivity index (χ1) is 6.91. The highest BCUT2D eigenvalue weighted by atomic mass is 19.4. The van der Waals surface area contributed by atoms with Crippen LogP contribution in [0.1, 0.15) is 29.9 Å². The Bertz CT molecular complexity index is 393. The molecule has 0 aliphatic heterocycles. The second kappa shape index (κ2) is 3.12. The lowest BCUT2D eigenvalue weighted by molar-refractivity contribution is -0.140. The number of hydrogen-bond donors (Lipinski definition) is 1. The van der Waals surface area contributed by atoms with Gasteiger partial charge in [0.05, 0.1) is 11.3 Å². The van der Waals surface area contributed by atoms with Crippen LogP contribution in [0.4, 0.5) is 23.2 Å². The average molecular weight is 219 g/mol. The summed E-state index contributed by atoms with van der Waals surface area (Å²) in [6.07, 6.45) is -3.30. The number of halogens is 4. The molecule has 0 atom stereocenters. The molecule has 15 heavy (non-hydrogen) atoms. The maximum absolute atomic E-state index is 13.3. The summed E-state index contributed by atoms with van der Waals surface area (Å²) >= 11 is 0. The average Bonchev–Trinajstić information content (AvgIpc) is 2.90. The van der Waals surface area contributed by atoms with E-state index in [0.717, 1.165) is 0 Å². The second-order valence-corrected chi connectivity index (χ2v) is 3.71. The van der Waals surface area contributed by atoms with Gasteiger partial charge in [0.25, 0.3) is 0 Å². The van der Waals surface area contributed by atoms with Crippen molar-refractivity contribution in [1.29, 1.82) is 0 Å². The summed E-state index contributed by atoms with van der Waals surface area (Å²) in [5, 5.41) is 0. The third-order valence-electron chi connectivity index (χ3n) is 2.50. The van der Waals surface area contributed by atoms with Gasteiger partial charge in [-0.05, 0) is 30.4 Å². The Kier molecular flexibility index (Phi) is 2.13. The molecule has 0 aromatic heterocycles. The summed E-state index contributed by atoms with van der Waals surface area (Å²) in [4.78, 5) is 0. The monoisotopic (exact) mass is 219 g/mol. The van der Waals surface area contributed by atoms with Gasteiger partial charge in [-0.3, -0.25) is 0 Å². The minimum Gasteiger partial charge on any atom is -0.396 e. The molecular weight excluding hydrogens is 210 g/mol. The van der Waals surface area contributed by atoms with Crippen molar-refractivity contribution < 1.29 is 17.6 Å². The van der Waals surface area contributed by atoms with Crippen LogP contribution in [0.25, 0.3) is 0 Å². The molecule has 0 bridgehead atoms. The number of benzene rings is 1. The Morgan fingerprint density at radius 2 is 1.80 bits per heavy atom. The summed E-state index contributed by atoms with van der Waals surface area (Å²) < 4.78 is 51.0. The van der Waals surface area contributed by atoms with Crippen LogP contribution in [-0.2, 0) is 6.18 Å². The normalized spacial score (nSPS) is 16.8. The third kappa shape index (κ3) is 1.78. The Labute approximate surface area is 83.9 Å². The van der Waals surface area contributed by atoms with Crippen molar-refractivity contribution >= 4 is 5.69 Å². The van der Waals surface area contributed by atoms with Crippen molar-refractivity contribution in [3.05, 3.63) is 29.1 Å². The first kappa shape index (κ1) is 10.3. The van der Waals surface area contributed by atoms with Gasteiger partial charge in [0.1, 0.15) is 0 Å². The summed E-state index contributed by atoms with van der Waals surface area (Å²) in [5.74, 6) is -1.50. The number of nitrogens with two attached hydrogens (primary N) is 1. The van der Waals surface area contributed by atoms with Gasteiger partial charge in [-0.1, -0.05) is 6.07 Å². The minimum absolute atomic E-state index is 0.0363. The van der Waals surface area contributed by atoms with E-state index < -0.39 is 23.2 Å². The van der Waals surface area contributed by atoms with E-state index in [1.54, 1.807) is 0 Å². The fraction of sp³-hybridized carbons (Fsp3) is 0.400. The van der Waals surface area contributed by atoms with E-state index in [0.29, 0.717) is 12.8 Å². The van der Waals surface area contributed by atoms with E-state index in [-0.39, 0.29) is 11.5 Å². The molecule has 1 nitrogen and oxygen atoms in total. The molecule has 1 aliphatic rings. The van der Waals surface area contributed by atoms with E-state index in [2.05, 4.69) is 0 Å². The molecule has 1 saturated carbocycles. The highest BCUT2D eigenvalue weighted by Crippen LogP contribution is 2.47. The van der Waals surface area contributed by atoms with Crippen LogP contribution in [0, 0.1) is 5.82 Å². The van der Waals surface area contributed by atoms with Gasteiger partial charge in [-0.25, -0.2) is 4.39 Å². The number of anilines is 1. The van der Waals surface area contributed by atoms with Crippen molar-refractivity contribution in [1.82, 2.24) is 0 Å². The molecule has 1 aromatic rings. The molecule has 0 saturated heterocycles. The quantitative estimate of drug-likeness (QED) is 0.569. The molecule has 1 aromatic carbocycles. The zero-order chi connectivity index (χ0) is 11.2. The van der Waals surface area contributed by atoms with Crippen LogP contribution in [0.3, 0.4) is 0 Å². The molecule has 0 amide bonds. The number of hydrogen-bond acceptors (Lipinski definition) is 1. The molecule has 0 heterocycles. The molecular formula is C10H9F4N. The van der Waals surface area contributed by atoms with Crippen LogP contribution >= 0.6 is 0 Å². The van der Waals surface area contributed by atoms with Crippen LogP contribution < -0.4 is 5.73 Å². The molecule has 82 valence electrons. The third-order valence-corrected chi connectivity index (χ3v) is 2.50. The van der Waals surface area contributed by atoms with Gasteiger partial charge in [0, 0.05) is 0 Å². The van der Waals surface area contributed by atoms with Gasteiger partial charge >= 0.3 is 6.18 Å². The molecule has 0 radical (unpaired) electrons. The fourth-order valence-electron chi connectivity index (χ4n) is 1.63. The second-order valence-electron chi connectivity index (χ2n) is 3.71. The Balaban J connectivity index is 2.60. The number of alkyl halides is 3. The van der Waals surface area contributed by atoms with Crippen LogP contribution in [-0.4, -0.2) is 0 Å². The Morgan fingerprint density at radius 3 is 2.27 bits per heavy atom. The molecule has 2 rings (SSSR count). The van der Waals surface area contributed by atoms with E-state index in [4.69, 9.17) is 5.73 Å². The van der Waals surface area contributed by atoms with Gasteiger partial charge < -0.3 is 5.73 Å². The number of rotatable bonds is 1. The van der Waals surface area contributed by atoms with E-state index >= 15 is 0 Å². The van der Waals surface area contributed by atoms with E-state index in [1.807, 2.05) is 0 Å².